The van der Waals surface area contributed by atoms with Crippen LogP contribution in [0, 0.1) is 12.3 Å². The van der Waals surface area contributed by atoms with Gasteiger partial charge >= 0.3 is 0 Å². The number of nitrogens with zero attached hydrogens (tertiary/aromatic N) is 5. The number of nitrogens with one attached hydrogen (secondary N) is 1. The molecule has 0 bridgehead atoms. The molecule has 4 unspecified atom stereocenters. The third-order valence-electron chi connectivity index (χ3n) is 7.54. The molecule has 208 valence electrons. The minimum atomic E-state index is -0.802. The Morgan fingerprint density at radius 2 is 2.00 bits per heavy atom. The van der Waals surface area contributed by atoms with Crippen molar-refractivity contribution in [2.75, 3.05) is 6.54 Å². The summed E-state index contributed by atoms with van der Waals surface area (Å²) in [7, 11) is 0. The van der Waals surface area contributed by atoms with E-state index in [-0.39, 0.29) is 24.8 Å². The second-order valence-electron chi connectivity index (χ2n) is 11.8. The number of hydrogen-bond acceptors (Lipinski definition) is 7. The van der Waals surface area contributed by atoms with Crippen molar-refractivity contribution in [3.05, 3.63) is 51.9 Å². The summed E-state index contributed by atoms with van der Waals surface area (Å²) in [6.45, 7) is 9.82. The Hall–Kier alpha value is -2.82. The zero-order valence-electron chi connectivity index (χ0n) is 22.9. The molecule has 4 atom stereocenters. The number of aromatic nitrogens is 4. The van der Waals surface area contributed by atoms with Gasteiger partial charge in [0.2, 0.25) is 11.8 Å². The molecule has 9 nitrogen and oxygen atoms in total. The average molecular weight is 571 g/mol. The van der Waals surface area contributed by atoms with E-state index in [0.29, 0.717) is 10.9 Å². The van der Waals surface area contributed by atoms with E-state index in [9.17, 15) is 14.7 Å². The molecule has 1 aliphatic heterocycles. The number of hydrogen-bond donors (Lipinski definition) is 2. The highest BCUT2D eigenvalue weighted by molar-refractivity contribution is 7.13. The number of aryl methyl sites for hydroxylation is 1. The van der Waals surface area contributed by atoms with Crippen molar-refractivity contribution < 1.29 is 14.7 Å². The summed E-state index contributed by atoms with van der Waals surface area (Å²) in [5, 5.41) is 22.7. The lowest BCUT2D eigenvalue weighted by atomic mass is 9.85. The Morgan fingerprint density at radius 1 is 1.26 bits per heavy atom. The highest BCUT2D eigenvalue weighted by Gasteiger charge is 2.45. The predicted molar refractivity (Wildman–Crippen MR) is 150 cm³/mol. The first kappa shape index (κ1) is 27.7. The van der Waals surface area contributed by atoms with E-state index in [1.807, 2.05) is 59.0 Å². The molecule has 0 spiro atoms. The van der Waals surface area contributed by atoms with Crippen LogP contribution in [0.3, 0.4) is 0 Å². The summed E-state index contributed by atoms with van der Waals surface area (Å²) in [5.74, 6) is -0.160. The van der Waals surface area contributed by atoms with Gasteiger partial charge in [-0.25, -0.2) is 9.67 Å². The zero-order valence-corrected chi connectivity index (χ0v) is 24.5. The molecule has 2 amide bonds. The van der Waals surface area contributed by atoms with Crippen LogP contribution >= 0.6 is 22.9 Å². The first-order valence-electron chi connectivity index (χ1n) is 13.3. The van der Waals surface area contributed by atoms with E-state index in [2.05, 4.69) is 20.6 Å². The lowest BCUT2D eigenvalue weighted by Gasteiger charge is -2.34. The van der Waals surface area contributed by atoms with Crippen molar-refractivity contribution in [1.82, 2.24) is 30.2 Å². The number of carbonyl (C=O) groups excluding carboxylic acids is 2. The number of aliphatic hydroxyl groups excluding tert-OH is 1. The largest absolute Gasteiger partial charge is 0.391 e. The summed E-state index contributed by atoms with van der Waals surface area (Å²) in [4.78, 5) is 34.3. The summed E-state index contributed by atoms with van der Waals surface area (Å²) in [5.41, 5.74) is 4.91. The van der Waals surface area contributed by atoms with Crippen LogP contribution in [0.25, 0.3) is 10.4 Å². The molecule has 11 heteroatoms. The minimum Gasteiger partial charge on any atom is -0.391 e. The SMILES string of the molecule is Cc1ncsc1-c1ccc(C(C)NC(=O)C2CC(O)CN2C(=O)C(n2cc(C3CC3)nn2)C(C)(C)C)c(Cl)c1. The fraction of sp³-hybridized carbons (Fsp3) is 0.536. The molecule has 1 saturated heterocycles. The second-order valence-corrected chi connectivity index (χ2v) is 13.1. The van der Waals surface area contributed by atoms with Crippen LogP contribution in [0.1, 0.15) is 81.9 Å². The van der Waals surface area contributed by atoms with Crippen molar-refractivity contribution in [1.29, 1.82) is 0 Å². The summed E-state index contributed by atoms with van der Waals surface area (Å²) < 4.78 is 1.63. The predicted octanol–water partition coefficient (Wildman–Crippen LogP) is 4.67. The standard InChI is InChI=1S/C28H35ClN6O3S/c1-15(20-9-8-18(10-21(20)29)24-16(2)30-14-39-24)31-26(37)23-11-19(36)12-34(23)27(38)25(28(3,4)5)35-13-22(32-33-35)17-6-7-17/h8-10,13-15,17,19,23,25,36H,6-7,11-12H2,1-5H3,(H,31,37). The number of amides is 2. The van der Waals surface area contributed by atoms with E-state index >= 15 is 0 Å². The van der Waals surface area contributed by atoms with E-state index in [0.717, 1.165) is 40.2 Å². The summed E-state index contributed by atoms with van der Waals surface area (Å²) >= 11 is 8.19. The fourth-order valence-electron chi connectivity index (χ4n) is 5.31. The van der Waals surface area contributed by atoms with E-state index in [1.54, 1.807) is 21.5 Å². The van der Waals surface area contributed by atoms with Gasteiger partial charge in [-0.05, 0) is 49.3 Å². The Labute approximate surface area is 237 Å². The second kappa shape index (κ2) is 10.6. The molecule has 0 radical (unpaired) electrons. The Morgan fingerprint density at radius 3 is 2.62 bits per heavy atom. The van der Waals surface area contributed by atoms with Gasteiger partial charge in [0.25, 0.3) is 0 Å². The van der Waals surface area contributed by atoms with Crippen LogP contribution in [0.5, 0.6) is 0 Å². The quantitative estimate of drug-likeness (QED) is 0.427. The summed E-state index contributed by atoms with van der Waals surface area (Å²) in [6, 6.07) is 3.91. The van der Waals surface area contributed by atoms with Crippen LogP contribution in [-0.2, 0) is 9.59 Å². The summed E-state index contributed by atoms with van der Waals surface area (Å²) in [6.07, 6.45) is 3.41. The molecule has 1 saturated carbocycles. The van der Waals surface area contributed by atoms with Gasteiger partial charge in [-0.15, -0.1) is 16.4 Å². The van der Waals surface area contributed by atoms with Crippen molar-refractivity contribution >= 4 is 34.8 Å². The normalized spacial score (nSPS) is 21.2. The zero-order chi connectivity index (χ0) is 28.1. The van der Waals surface area contributed by atoms with Crippen LogP contribution in [-0.4, -0.2) is 60.5 Å². The van der Waals surface area contributed by atoms with E-state index in [1.165, 1.54) is 4.90 Å². The molecular formula is C28H35ClN6O3S. The Balaban J connectivity index is 1.33. The highest BCUT2D eigenvalue weighted by atomic mass is 35.5. The Kier molecular flexibility index (Phi) is 7.56. The maximum Gasteiger partial charge on any atom is 0.248 e. The topological polar surface area (TPSA) is 113 Å². The number of β-amino-alcohol motifs (C(OH)–C–C–N with tert-alkyl or cyclic N) is 1. The van der Waals surface area contributed by atoms with Crippen LogP contribution in [0.15, 0.2) is 29.9 Å². The van der Waals surface area contributed by atoms with Crippen LogP contribution in [0.2, 0.25) is 5.02 Å². The van der Waals surface area contributed by atoms with Crippen molar-refractivity contribution in [2.24, 2.45) is 5.41 Å². The van der Waals surface area contributed by atoms with Crippen molar-refractivity contribution in [3.63, 3.8) is 0 Å². The molecule has 2 N–H and O–H groups in total. The average Bonchev–Trinajstić information content (AvgIpc) is 3.23. The van der Waals surface area contributed by atoms with Crippen LogP contribution in [0.4, 0.5) is 0 Å². The number of thiazole rings is 1. The van der Waals surface area contributed by atoms with Gasteiger partial charge in [-0.1, -0.05) is 49.7 Å². The first-order chi connectivity index (χ1) is 18.4. The van der Waals surface area contributed by atoms with E-state index in [4.69, 9.17) is 11.6 Å². The molecule has 1 aromatic carbocycles. The molecule has 1 aliphatic carbocycles. The molecule has 2 aromatic heterocycles. The van der Waals surface area contributed by atoms with Crippen molar-refractivity contribution in [2.45, 2.75) is 84.0 Å². The molecule has 2 aliphatic rings. The van der Waals surface area contributed by atoms with Crippen molar-refractivity contribution in [3.8, 4) is 10.4 Å². The van der Waals surface area contributed by atoms with Gasteiger partial charge in [0.15, 0.2) is 0 Å². The van der Waals surface area contributed by atoms with Gasteiger partial charge in [-0.3, -0.25) is 9.59 Å². The van der Waals surface area contributed by atoms with Gasteiger partial charge in [0.05, 0.1) is 33.9 Å². The molecule has 5 rings (SSSR count). The monoisotopic (exact) mass is 570 g/mol. The Bertz CT molecular complexity index is 1380. The highest BCUT2D eigenvalue weighted by Crippen LogP contribution is 2.40. The number of rotatable bonds is 7. The van der Waals surface area contributed by atoms with Gasteiger partial charge < -0.3 is 15.3 Å². The molecule has 3 heterocycles. The number of aliphatic hydroxyl groups is 1. The molecule has 39 heavy (non-hydrogen) atoms. The van der Waals surface area contributed by atoms with Gasteiger partial charge in [0.1, 0.15) is 12.1 Å². The lowest BCUT2D eigenvalue weighted by molar-refractivity contribution is -0.144. The lowest BCUT2D eigenvalue weighted by Crippen LogP contribution is -2.50. The minimum absolute atomic E-state index is 0.0890. The first-order valence-corrected chi connectivity index (χ1v) is 14.6. The fourth-order valence-corrected chi connectivity index (χ4v) is 6.46. The number of benzene rings is 1. The number of likely N-dealkylation sites (tertiary alicyclic amines) is 1. The third-order valence-corrected chi connectivity index (χ3v) is 8.85. The molecule has 3 aromatic rings. The smallest absolute Gasteiger partial charge is 0.248 e. The third kappa shape index (κ3) is 5.73. The number of halogens is 1. The molecule has 2 fully saturated rings. The van der Waals surface area contributed by atoms with Gasteiger partial charge in [0, 0.05) is 30.1 Å². The van der Waals surface area contributed by atoms with Gasteiger partial charge in [-0.2, -0.15) is 0 Å². The van der Waals surface area contributed by atoms with E-state index < -0.39 is 29.6 Å². The maximum absolute atomic E-state index is 14.0. The van der Waals surface area contributed by atoms with Crippen LogP contribution < -0.4 is 5.32 Å². The molecular weight excluding hydrogens is 536 g/mol. The number of carbonyl (C=O) groups is 2. The maximum atomic E-state index is 14.0.